The highest BCUT2D eigenvalue weighted by atomic mass is 19.4. The molecule has 0 fully saturated rings. The van der Waals surface area contributed by atoms with E-state index >= 15 is 0 Å². The minimum absolute atomic E-state index is 0.350. The van der Waals surface area contributed by atoms with Crippen LogP contribution >= 0.6 is 0 Å². The van der Waals surface area contributed by atoms with Crippen LogP contribution in [0.5, 0.6) is 11.5 Å². The van der Waals surface area contributed by atoms with Gasteiger partial charge >= 0.3 is 6.18 Å². The highest BCUT2D eigenvalue weighted by Gasteiger charge is 2.31. The summed E-state index contributed by atoms with van der Waals surface area (Å²) in [5, 5.41) is 2.49. The Labute approximate surface area is 140 Å². The first-order valence-corrected chi connectivity index (χ1v) is 7.04. The highest BCUT2D eigenvalue weighted by molar-refractivity contribution is 5.90. The van der Waals surface area contributed by atoms with Crippen LogP contribution in [-0.2, 0) is 17.5 Å². The Balaban J connectivity index is 2.17. The Morgan fingerprint density at radius 1 is 1.12 bits per heavy atom. The van der Waals surface area contributed by atoms with Crippen molar-refractivity contribution in [2.75, 3.05) is 19.5 Å². The summed E-state index contributed by atoms with van der Waals surface area (Å²) in [5.41, 5.74) is -1.37. The van der Waals surface area contributed by atoms with Gasteiger partial charge in [0.1, 0.15) is 6.54 Å². The molecule has 2 aromatic rings. The zero-order valence-electron chi connectivity index (χ0n) is 13.4. The van der Waals surface area contributed by atoms with Crippen molar-refractivity contribution < 1.29 is 27.4 Å². The predicted octanol–water partition coefficient (Wildman–Crippen LogP) is 2.52. The van der Waals surface area contributed by atoms with Gasteiger partial charge in [0.05, 0.1) is 19.8 Å². The number of hydrogen-bond acceptors (Lipinski definition) is 4. The zero-order chi connectivity index (χ0) is 18.6. The minimum Gasteiger partial charge on any atom is -0.493 e. The number of amides is 1. The largest absolute Gasteiger partial charge is 0.493 e. The number of carbonyl (C=O) groups is 1. The topological polar surface area (TPSA) is 69.6 Å². The summed E-state index contributed by atoms with van der Waals surface area (Å²) in [6.45, 7) is -0.558. The number of anilines is 1. The van der Waals surface area contributed by atoms with Gasteiger partial charge in [0.15, 0.2) is 11.5 Å². The summed E-state index contributed by atoms with van der Waals surface area (Å²) in [7, 11) is 2.88. The van der Waals surface area contributed by atoms with E-state index in [1.807, 2.05) is 0 Å². The van der Waals surface area contributed by atoms with Crippen molar-refractivity contribution in [1.82, 2.24) is 4.57 Å². The molecular formula is C16H15F3N2O4. The molecule has 1 amide bonds. The maximum absolute atomic E-state index is 12.7. The summed E-state index contributed by atoms with van der Waals surface area (Å²) in [4.78, 5) is 23.7. The van der Waals surface area contributed by atoms with E-state index in [9.17, 15) is 22.8 Å². The van der Waals surface area contributed by atoms with E-state index < -0.39 is 29.8 Å². The quantitative estimate of drug-likeness (QED) is 0.894. The molecule has 0 aliphatic carbocycles. The molecule has 2 rings (SSSR count). The summed E-state index contributed by atoms with van der Waals surface area (Å²) < 4.78 is 48.9. The fraction of sp³-hybridized carbons (Fsp3) is 0.250. The lowest BCUT2D eigenvalue weighted by Crippen LogP contribution is -2.28. The Kier molecular flexibility index (Phi) is 5.35. The number of rotatable bonds is 5. The van der Waals surface area contributed by atoms with Crippen LogP contribution in [0.25, 0.3) is 0 Å². The van der Waals surface area contributed by atoms with Crippen molar-refractivity contribution in [3.63, 3.8) is 0 Å². The van der Waals surface area contributed by atoms with E-state index in [1.165, 1.54) is 26.4 Å². The van der Waals surface area contributed by atoms with Crippen LogP contribution in [0, 0.1) is 0 Å². The number of hydrogen-bond donors (Lipinski definition) is 1. The van der Waals surface area contributed by atoms with Crippen LogP contribution in [-0.4, -0.2) is 24.7 Å². The Morgan fingerprint density at radius 3 is 2.40 bits per heavy atom. The van der Waals surface area contributed by atoms with Crippen LogP contribution in [0.3, 0.4) is 0 Å². The van der Waals surface area contributed by atoms with Crippen molar-refractivity contribution in [2.24, 2.45) is 0 Å². The lowest BCUT2D eigenvalue weighted by molar-refractivity contribution is -0.138. The molecule has 0 unspecified atom stereocenters. The molecule has 0 radical (unpaired) electrons. The second kappa shape index (κ2) is 7.29. The van der Waals surface area contributed by atoms with Gasteiger partial charge in [-0.05, 0) is 18.2 Å². The van der Waals surface area contributed by atoms with E-state index in [-0.39, 0.29) is 0 Å². The molecule has 0 saturated heterocycles. The molecular weight excluding hydrogens is 341 g/mol. The molecule has 0 spiro atoms. The standard InChI is InChI=1S/C16H15F3N2O4/c1-24-12-5-4-11(7-13(12)25-2)20-14(22)9-21-8-10(16(17,18)19)3-6-15(21)23/h3-8H,9H2,1-2H3,(H,20,22). The second-order valence-electron chi connectivity index (χ2n) is 5.00. The fourth-order valence-electron chi connectivity index (χ4n) is 2.09. The molecule has 0 saturated carbocycles. The average Bonchev–Trinajstić information content (AvgIpc) is 2.55. The fourth-order valence-corrected chi connectivity index (χ4v) is 2.09. The van der Waals surface area contributed by atoms with Crippen molar-refractivity contribution >= 4 is 11.6 Å². The first kappa shape index (κ1) is 18.4. The van der Waals surface area contributed by atoms with Crippen LogP contribution in [0.15, 0.2) is 41.3 Å². The maximum atomic E-state index is 12.7. The van der Waals surface area contributed by atoms with E-state index in [4.69, 9.17) is 9.47 Å². The van der Waals surface area contributed by atoms with Gasteiger partial charge in [-0.1, -0.05) is 0 Å². The summed E-state index contributed by atoms with van der Waals surface area (Å²) in [6.07, 6.45) is -3.99. The number of nitrogens with zero attached hydrogens (tertiary/aromatic N) is 1. The van der Waals surface area contributed by atoms with Gasteiger partial charge in [0.25, 0.3) is 5.56 Å². The van der Waals surface area contributed by atoms with Crippen LogP contribution < -0.4 is 20.3 Å². The first-order valence-electron chi connectivity index (χ1n) is 7.04. The number of benzene rings is 1. The van der Waals surface area contributed by atoms with Gasteiger partial charge in [-0.3, -0.25) is 9.59 Å². The number of pyridine rings is 1. The van der Waals surface area contributed by atoms with Gasteiger partial charge in [-0.2, -0.15) is 13.2 Å². The molecule has 6 nitrogen and oxygen atoms in total. The Bertz CT molecular complexity index is 831. The molecule has 134 valence electrons. The number of alkyl halides is 3. The summed E-state index contributed by atoms with van der Waals surface area (Å²) in [5.74, 6) is 0.166. The van der Waals surface area contributed by atoms with Crippen LogP contribution in [0.1, 0.15) is 5.56 Å². The third-order valence-electron chi connectivity index (χ3n) is 3.29. The van der Waals surface area contributed by atoms with Crippen molar-refractivity contribution in [1.29, 1.82) is 0 Å². The first-order chi connectivity index (χ1) is 11.7. The molecule has 1 aromatic carbocycles. The molecule has 0 atom stereocenters. The lowest BCUT2D eigenvalue weighted by Gasteiger charge is -2.12. The molecule has 0 aliphatic rings. The molecule has 25 heavy (non-hydrogen) atoms. The van der Waals surface area contributed by atoms with Gasteiger partial charge in [-0.15, -0.1) is 0 Å². The number of nitrogens with one attached hydrogen (secondary N) is 1. The minimum atomic E-state index is -4.60. The van der Waals surface area contributed by atoms with Gasteiger partial charge in [-0.25, -0.2) is 0 Å². The molecule has 0 aliphatic heterocycles. The van der Waals surface area contributed by atoms with Crippen LogP contribution in [0.4, 0.5) is 18.9 Å². The van der Waals surface area contributed by atoms with Gasteiger partial charge in [0, 0.05) is 24.0 Å². The predicted molar refractivity (Wildman–Crippen MR) is 83.9 cm³/mol. The maximum Gasteiger partial charge on any atom is 0.417 e. The van der Waals surface area contributed by atoms with Gasteiger partial charge in [0.2, 0.25) is 5.91 Å². The molecule has 1 heterocycles. The van der Waals surface area contributed by atoms with E-state index in [2.05, 4.69) is 5.32 Å². The molecule has 1 N–H and O–H groups in total. The number of ether oxygens (including phenoxy) is 2. The Hall–Kier alpha value is -2.97. The zero-order valence-corrected chi connectivity index (χ0v) is 13.4. The number of carbonyl (C=O) groups excluding carboxylic acids is 1. The van der Waals surface area contributed by atoms with E-state index in [1.54, 1.807) is 6.07 Å². The molecule has 9 heteroatoms. The smallest absolute Gasteiger partial charge is 0.417 e. The number of aromatic nitrogens is 1. The third kappa shape index (κ3) is 4.52. The SMILES string of the molecule is COc1ccc(NC(=O)Cn2cc(C(F)(F)F)ccc2=O)cc1OC. The molecule has 1 aromatic heterocycles. The Morgan fingerprint density at radius 2 is 1.80 bits per heavy atom. The van der Waals surface area contributed by atoms with Crippen molar-refractivity contribution in [2.45, 2.75) is 12.7 Å². The second-order valence-corrected chi connectivity index (χ2v) is 5.00. The van der Waals surface area contributed by atoms with Crippen molar-refractivity contribution in [3.05, 3.63) is 52.4 Å². The number of halogens is 3. The van der Waals surface area contributed by atoms with Crippen LogP contribution in [0.2, 0.25) is 0 Å². The third-order valence-corrected chi connectivity index (χ3v) is 3.29. The van der Waals surface area contributed by atoms with E-state index in [0.29, 0.717) is 34.0 Å². The normalized spacial score (nSPS) is 11.1. The average molecular weight is 356 g/mol. The van der Waals surface area contributed by atoms with E-state index in [0.717, 1.165) is 6.07 Å². The number of methoxy groups -OCH3 is 2. The van der Waals surface area contributed by atoms with Gasteiger partial charge < -0.3 is 19.4 Å². The van der Waals surface area contributed by atoms with Crippen molar-refractivity contribution in [3.8, 4) is 11.5 Å². The molecule has 0 bridgehead atoms. The summed E-state index contributed by atoms with van der Waals surface area (Å²) in [6, 6.07) is 6.03. The lowest BCUT2D eigenvalue weighted by atomic mass is 10.2. The highest BCUT2D eigenvalue weighted by Crippen LogP contribution is 2.30. The summed E-state index contributed by atoms with van der Waals surface area (Å²) >= 11 is 0. The monoisotopic (exact) mass is 356 g/mol.